The fraction of sp³-hybridized carbons (Fsp3) is 0.750. The van der Waals surface area contributed by atoms with Crippen molar-refractivity contribution in [3.8, 4) is 0 Å². The molecule has 0 heterocycles. The molecule has 0 radical (unpaired) electrons. The van der Waals surface area contributed by atoms with Crippen molar-refractivity contribution in [1.82, 2.24) is 5.43 Å². The van der Waals surface area contributed by atoms with Crippen molar-refractivity contribution in [3.05, 3.63) is 11.8 Å². The van der Waals surface area contributed by atoms with Gasteiger partial charge >= 0.3 is 0 Å². The van der Waals surface area contributed by atoms with Crippen LogP contribution in [0, 0.1) is 5.92 Å². The van der Waals surface area contributed by atoms with E-state index >= 15 is 0 Å². The van der Waals surface area contributed by atoms with Crippen LogP contribution in [0.2, 0.25) is 0 Å². The minimum Gasteiger partial charge on any atom is -0.329 e. The van der Waals surface area contributed by atoms with Gasteiger partial charge in [-0.3, -0.25) is 5.84 Å². The van der Waals surface area contributed by atoms with Gasteiger partial charge in [0.2, 0.25) is 0 Å². The molecule has 0 fully saturated rings. The third-order valence-corrected chi connectivity index (χ3v) is 1.51. The van der Waals surface area contributed by atoms with Crippen molar-refractivity contribution in [2.24, 2.45) is 11.8 Å². The molecule has 10 heavy (non-hydrogen) atoms. The van der Waals surface area contributed by atoms with Crippen molar-refractivity contribution in [2.75, 3.05) is 0 Å². The summed E-state index contributed by atoms with van der Waals surface area (Å²) in [4.78, 5) is 0. The first-order valence-corrected chi connectivity index (χ1v) is 3.85. The zero-order chi connectivity index (χ0) is 7.98. The lowest BCUT2D eigenvalue weighted by molar-refractivity contribution is 0.624. The van der Waals surface area contributed by atoms with E-state index in [2.05, 4.69) is 25.3 Å². The van der Waals surface area contributed by atoms with Crippen molar-refractivity contribution in [1.29, 1.82) is 0 Å². The summed E-state index contributed by atoms with van der Waals surface area (Å²) >= 11 is 0. The number of rotatable bonds is 4. The third-order valence-electron chi connectivity index (χ3n) is 1.51. The van der Waals surface area contributed by atoms with Crippen LogP contribution < -0.4 is 11.3 Å². The highest BCUT2D eigenvalue weighted by Crippen LogP contribution is 2.07. The summed E-state index contributed by atoms with van der Waals surface area (Å²) in [5.74, 6) is 5.84. The Balaban J connectivity index is 3.62. The SMILES string of the molecule is CCCC(C)/C=C(\C)NN. The maximum absolute atomic E-state index is 5.20. The van der Waals surface area contributed by atoms with E-state index in [-0.39, 0.29) is 0 Å². The first-order valence-electron chi connectivity index (χ1n) is 3.85. The molecule has 0 aliphatic rings. The average Bonchev–Trinajstić information content (AvgIpc) is 1.88. The lowest BCUT2D eigenvalue weighted by Gasteiger charge is -2.05. The van der Waals surface area contributed by atoms with Gasteiger partial charge in [0.25, 0.3) is 0 Å². The van der Waals surface area contributed by atoms with E-state index in [0.717, 1.165) is 5.70 Å². The highest BCUT2D eigenvalue weighted by Gasteiger charge is 1.94. The number of allylic oxidation sites excluding steroid dienone is 2. The fourth-order valence-corrected chi connectivity index (χ4v) is 1.01. The molecule has 2 heteroatoms. The maximum atomic E-state index is 5.20. The summed E-state index contributed by atoms with van der Waals surface area (Å²) in [5, 5.41) is 0. The van der Waals surface area contributed by atoms with Crippen LogP contribution in [-0.4, -0.2) is 0 Å². The molecule has 0 aromatic heterocycles. The van der Waals surface area contributed by atoms with Crippen LogP contribution in [0.1, 0.15) is 33.6 Å². The second-order valence-corrected chi connectivity index (χ2v) is 2.76. The molecule has 0 amide bonds. The quantitative estimate of drug-likeness (QED) is 0.464. The molecule has 0 aliphatic heterocycles. The van der Waals surface area contributed by atoms with Gasteiger partial charge in [0.05, 0.1) is 0 Å². The Kier molecular flexibility index (Phi) is 5.03. The van der Waals surface area contributed by atoms with Gasteiger partial charge < -0.3 is 5.43 Å². The highest BCUT2D eigenvalue weighted by molar-refractivity contribution is 4.96. The van der Waals surface area contributed by atoms with Crippen molar-refractivity contribution >= 4 is 0 Å². The predicted molar refractivity (Wildman–Crippen MR) is 45.2 cm³/mol. The summed E-state index contributed by atoms with van der Waals surface area (Å²) < 4.78 is 0. The fourth-order valence-electron chi connectivity index (χ4n) is 1.01. The molecule has 0 bridgehead atoms. The molecule has 1 atom stereocenters. The van der Waals surface area contributed by atoms with Crippen LogP contribution in [0.4, 0.5) is 0 Å². The minimum absolute atomic E-state index is 0.640. The molecule has 0 saturated heterocycles. The van der Waals surface area contributed by atoms with E-state index in [9.17, 15) is 0 Å². The van der Waals surface area contributed by atoms with Crippen molar-refractivity contribution in [3.63, 3.8) is 0 Å². The summed E-state index contributed by atoms with van der Waals surface area (Å²) in [6.07, 6.45) is 4.62. The van der Waals surface area contributed by atoms with E-state index in [1.165, 1.54) is 12.8 Å². The Hall–Kier alpha value is -0.500. The van der Waals surface area contributed by atoms with Crippen LogP contribution >= 0.6 is 0 Å². The molecular weight excluding hydrogens is 124 g/mol. The topological polar surface area (TPSA) is 38.0 Å². The van der Waals surface area contributed by atoms with Gasteiger partial charge in [-0.2, -0.15) is 0 Å². The van der Waals surface area contributed by atoms with Crippen molar-refractivity contribution < 1.29 is 0 Å². The molecule has 0 aromatic rings. The number of hydrazine groups is 1. The molecule has 0 aliphatic carbocycles. The molecular formula is C8H18N2. The molecule has 3 N–H and O–H groups in total. The number of nitrogens with two attached hydrogens (primary N) is 1. The van der Waals surface area contributed by atoms with Gasteiger partial charge in [-0.05, 0) is 19.3 Å². The van der Waals surface area contributed by atoms with Gasteiger partial charge in [-0.1, -0.05) is 26.3 Å². The smallest absolute Gasteiger partial charge is 0.0191 e. The molecule has 0 aromatic carbocycles. The molecule has 60 valence electrons. The molecule has 1 unspecified atom stereocenters. The lowest BCUT2D eigenvalue weighted by Crippen LogP contribution is -2.19. The van der Waals surface area contributed by atoms with E-state index in [1.54, 1.807) is 0 Å². The molecule has 0 spiro atoms. The maximum Gasteiger partial charge on any atom is 0.0191 e. The summed E-state index contributed by atoms with van der Waals surface area (Å²) in [5.41, 5.74) is 3.67. The number of nitrogens with one attached hydrogen (secondary N) is 1. The Morgan fingerprint density at radius 1 is 1.70 bits per heavy atom. The number of hydrogen-bond acceptors (Lipinski definition) is 2. The molecule has 0 rings (SSSR count). The Labute approximate surface area is 63.5 Å². The van der Waals surface area contributed by atoms with E-state index in [0.29, 0.717) is 5.92 Å². The molecule has 2 nitrogen and oxygen atoms in total. The third kappa shape index (κ3) is 4.39. The van der Waals surface area contributed by atoms with Crippen LogP contribution in [0.15, 0.2) is 11.8 Å². The van der Waals surface area contributed by atoms with Gasteiger partial charge in [0, 0.05) is 5.70 Å². The second-order valence-electron chi connectivity index (χ2n) is 2.76. The average molecular weight is 142 g/mol. The van der Waals surface area contributed by atoms with Crippen molar-refractivity contribution in [2.45, 2.75) is 33.6 Å². The normalized spacial score (nSPS) is 15.0. The summed E-state index contributed by atoms with van der Waals surface area (Å²) in [6.45, 7) is 6.37. The lowest BCUT2D eigenvalue weighted by atomic mass is 10.1. The first-order chi connectivity index (χ1) is 4.70. The molecule has 0 saturated carbocycles. The predicted octanol–water partition coefficient (Wildman–Crippen LogP) is 1.79. The van der Waals surface area contributed by atoms with Gasteiger partial charge in [0.1, 0.15) is 0 Å². The zero-order valence-electron chi connectivity index (χ0n) is 7.15. The van der Waals surface area contributed by atoms with E-state index < -0.39 is 0 Å². The summed E-state index contributed by atoms with van der Waals surface area (Å²) in [7, 11) is 0. The van der Waals surface area contributed by atoms with Gasteiger partial charge in [-0.15, -0.1) is 0 Å². The highest BCUT2D eigenvalue weighted by atomic mass is 15.2. The van der Waals surface area contributed by atoms with E-state index in [4.69, 9.17) is 5.84 Å². The monoisotopic (exact) mass is 142 g/mol. The van der Waals surface area contributed by atoms with Gasteiger partial charge in [0.15, 0.2) is 0 Å². The number of hydrogen-bond donors (Lipinski definition) is 2. The summed E-state index contributed by atoms with van der Waals surface area (Å²) in [6, 6.07) is 0. The Morgan fingerprint density at radius 2 is 2.30 bits per heavy atom. The van der Waals surface area contributed by atoms with Gasteiger partial charge in [-0.25, -0.2) is 0 Å². The second kappa shape index (κ2) is 5.30. The minimum atomic E-state index is 0.640. The van der Waals surface area contributed by atoms with Crippen LogP contribution in [-0.2, 0) is 0 Å². The van der Waals surface area contributed by atoms with Crippen LogP contribution in [0.5, 0.6) is 0 Å². The Bertz CT molecular complexity index is 108. The standard InChI is InChI=1S/C8H18N2/c1-4-5-7(2)6-8(3)10-9/h6-7,10H,4-5,9H2,1-3H3/b8-6+. The van der Waals surface area contributed by atoms with Crippen LogP contribution in [0.25, 0.3) is 0 Å². The Morgan fingerprint density at radius 3 is 2.70 bits per heavy atom. The first kappa shape index (κ1) is 9.50. The largest absolute Gasteiger partial charge is 0.329 e. The van der Waals surface area contributed by atoms with E-state index in [1.807, 2.05) is 6.92 Å². The van der Waals surface area contributed by atoms with Crippen LogP contribution in [0.3, 0.4) is 0 Å². The zero-order valence-corrected chi connectivity index (χ0v) is 7.15.